The number of amides is 1. The molecule has 1 atom stereocenters. The summed E-state index contributed by atoms with van der Waals surface area (Å²) in [5.74, 6) is -1.30. The van der Waals surface area contributed by atoms with Gasteiger partial charge in [-0.1, -0.05) is 25.0 Å². The third-order valence-electron chi connectivity index (χ3n) is 4.74. The smallest absolute Gasteiger partial charge is 0.305 e. The van der Waals surface area contributed by atoms with Crippen molar-refractivity contribution in [3.05, 3.63) is 47.8 Å². The zero-order valence-electron chi connectivity index (χ0n) is 14.7. The Morgan fingerprint density at radius 3 is 2.58 bits per heavy atom. The highest BCUT2D eigenvalue weighted by Crippen LogP contribution is 2.29. The quantitative estimate of drug-likeness (QED) is 0.724. The van der Waals surface area contributed by atoms with Gasteiger partial charge in [0.15, 0.2) is 0 Å². The van der Waals surface area contributed by atoms with Crippen LogP contribution >= 0.6 is 11.8 Å². The number of carbonyl (C=O) groups is 2. The van der Waals surface area contributed by atoms with Gasteiger partial charge in [0.1, 0.15) is 5.69 Å². The van der Waals surface area contributed by atoms with Crippen molar-refractivity contribution < 1.29 is 14.7 Å². The summed E-state index contributed by atoms with van der Waals surface area (Å²) >= 11 is 1.61. The van der Waals surface area contributed by atoms with Crippen molar-refractivity contribution in [2.75, 3.05) is 6.26 Å². The Labute approximate surface area is 157 Å². The summed E-state index contributed by atoms with van der Waals surface area (Å²) in [6.45, 7) is 0. The lowest BCUT2D eigenvalue weighted by Gasteiger charge is -2.17. The van der Waals surface area contributed by atoms with E-state index in [0.29, 0.717) is 11.7 Å². The lowest BCUT2D eigenvalue weighted by Crippen LogP contribution is -2.30. The molecule has 1 aromatic carbocycles. The minimum absolute atomic E-state index is 0.173. The molecule has 1 heterocycles. The second kappa shape index (κ2) is 8.40. The van der Waals surface area contributed by atoms with Gasteiger partial charge in [0, 0.05) is 11.1 Å². The molecule has 0 spiro atoms. The Balaban J connectivity index is 1.73. The monoisotopic (exact) mass is 373 g/mol. The standard InChI is InChI=1S/C19H23N3O3S/c1-26-15-8-6-13(7-9-15)17(12-18(23)24)20-19(25)16-10-11-22(21-16)14-4-2-3-5-14/h6-11,14,17H,2-5,12H2,1H3,(H,20,25)(H,23,24). The van der Waals surface area contributed by atoms with Crippen LogP contribution in [0.3, 0.4) is 0 Å². The van der Waals surface area contributed by atoms with E-state index in [1.54, 1.807) is 17.8 Å². The van der Waals surface area contributed by atoms with E-state index < -0.39 is 12.0 Å². The molecular weight excluding hydrogens is 350 g/mol. The minimum atomic E-state index is -0.958. The Kier molecular flexibility index (Phi) is 5.98. The Bertz CT molecular complexity index is 767. The fourth-order valence-electron chi connectivity index (χ4n) is 3.33. The van der Waals surface area contributed by atoms with Crippen molar-refractivity contribution in [1.82, 2.24) is 15.1 Å². The predicted octanol–water partition coefficient (Wildman–Crippen LogP) is 3.67. The molecule has 2 N–H and O–H groups in total. The lowest BCUT2D eigenvalue weighted by atomic mass is 10.0. The van der Waals surface area contributed by atoms with Gasteiger partial charge in [0.2, 0.25) is 0 Å². The molecule has 0 saturated heterocycles. The number of carbonyl (C=O) groups excluding carboxylic acids is 1. The molecule has 1 saturated carbocycles. The van der Waals surface area contributed by atoms with Crippen molar-refractivity contribution in [2.24, 2.45) is 0 Å². The molecule has 1 amide bonds. The number of carboxylic acid groups (broad SMARTS) is 1. The number of nitrogens with one attached hydrogen (secondary N) is 1. The summed E-state index contributed by atoms with van der Waals surface area (Å²) in [7, 11) is 0. The van der Waals surface area contributed by atoms with Gasteiger partial charge < -0.3 is 10.4 Å². The molecule has 2 aromatic rings. The zero-order chi connectivity index (χ0) is 18.5. The summed E-state index contributed by atoms with van der Waals surface area (Å²) in [5, 5.41) is 16.4. The highest BCUT2D eigenvalue weighted by Gasteiger charge is 2.22. The maximum Gasteiger partial charge on any atom is 0.305 e. The first-order valence-corrected chi connectivity index (χ1v) is 10.0. The van der Waals surface area contributed by atoms with E-state index in [2.05, 4.69) is 10.4 Å². The average molecular weight is 373 g/mol. The molecule has 1 aromatic heterocycles. The van der Waals surface area contributed by atoms with Crippen LogP contribution in [0.2, 0.25) is 0 Å². The van der Waals surface area contributed by atoms with E-state index in [1.807, 2.05) is 41.4 Å². The molecular formula is C19H23N3O3S. The maximum absolute atomic E-state index is 12.6. The highest BCUT2D eigenvalue weighted by molar-refractivity contribution is 7.98. The van der Waals surface area contributed by atoms with E-state index in [0.717, 1.165) is 23.3 Å². The zero-order valence-corrected chi connectivity index (χ0v) is 15.5. The first-order valence-electron chi connectivity index (χ1n) is 8.78. The van der Waals surface area contributed by atoms with Crippen LogP contribution in [0.25, 0.3) is 0 Å². The Morgan fingerprint density at radius 2 is 1.96 bits per heavy atom. The third-order valence-corrected chi connectivity index (χ3v) is 5.49. The number of aliphatic carboxylic acids is 1. The number of hydrogen-bond donors (Lipinski definition) is 2. The van der Waals surface area contributed by atoms with Crippen LogP contribution in [-0.4, -0.2) is 33.0 Å². The molecule has 1 unspecified atom stereocenters. The summed E-state index contributed by atoms with van der Waals surface area (Å²) in [5.41, 5.74) is 1.10. The van der Waals surface area contributed by atoms with E-state index in [1.165, 1.54) is 12.8 Å². The van der Waals surface area contributed by atoms with Crippen LogP contribution in [-0.2, 0) is 4.79 Å². The van der Waals surface area contributed by atoms with Gasteiger partial charge in [0.05, 0.1) is 18.5 Å². The Morgan fingerprint density at radius 1 is 1.27 bits per heavy atom. The van der Waals surface area contributed by atoms with Crippen molar-refractivity contribution in [3.8, 4) is 0 Å². The largest absolute Gasteiger partial charge is 0.481 e. The van der Waals surface area contributed by atoms with Gasteiger partial charge in [-0.2, -0.15) is 5.10 Å². The molecule has 1 aliphatic carbocycles. The van der Waals surface area contributed by atoms with Crippen LogP contribution in [0.1, 0.15) is 60.2 Å². The molecule has 7 heteroatoms. The SMILES string of the molecule is CSc1ccc(C(CC(=O)O)NC(=O)c2ccn(C3CCCC3)n2)cc1. The van der Waals surface area contributed by atoms with Crippen molar-refractivity contribution in [2.45, 2.75) is 49.1 Å². The highest BCUT2D eigenvalue weighted by atomic mass is 32.2. The van der Waals surface area contributed by atoms with Crippen molar-refractivity contribution >= 4 is 23.6 Å². The molecule has 26 heavy (non-hydrogen) atoms. The normalized spacial score (nSPS) is 15.7. The maximum atomic E-state index is 12.6. The van der Waals surface area contributed by atoms with Crippen LogP contribution in [0.15, 0.2) is 41.4 Å². The number of aromatic nitrogens is 2. The van der Waals surface area contributed by atoms with Gasteiger partial charge in [0.25, 0.3) is 5.91 Å². The first-order chi connectivity index (χ1) is 12.6. The number of carboxylic acids is 1. The lowest BCUT2D eigenvalue weighted by molar-refractivity contribution is -0.137. The number of rotatable bonds is 7. The van der Waals surface area contributed by atoms with E-state index >= 15 is 0 Å². The molecule has 0 radical (unpaired) electrons. The van der Waals surface area contributed by atoms with Gasteiger partial charge >= 0.3 is 5.97 Å². The first kappa shape index (κ1) is 18.5. The second-order valence-electron chi connectivity index (χ2n) is 6.52. The fourth-order valence-corrected chi connectivity index (χ4v) is 3.73. The average Bonchev–Trinajstić information content (AvgIpc) is 3.32. The van der Waals surface area contributed by atoms with Gasteiger partial charge in [-0.05, 0) is 42.9 Å². The number of nitrogens with zero attached hydrogens (tertiary/aromatic N) is 2. The fraction of sp³-hybridized carbons (Fsp3) is 0.421. The predicted molar refractivity (Wildman–Crippen MR) is 100 cm³/mol. The molecule has 0 aliphatic heterocycles. The molecule has 1 fully saturated rings. The minimum Gasteiger partial charge on any atom is -0.481 e. The molecule has 0 bridgehead atoms. The number of thioether (sulfide) groups is 1. The van der Waals surface area contributed by atoms with Gasteiger partial charge in [-0.3, -0.25) is 14.3 Å². The second-order valence-corrected chi connectivity index (χ2v) is 7.40. The van der Waals surface area contributed by atoms with Crippen LogP contribution in [0.5, 0.6) is 0 Å². The van der Waals surface area contributed by atoms with E-state index in [4.69, 9.17) is 0 Å². The molecule has 6 nitrogen and oxygen atoms in total. The molecule has 3 rings (SSSR count). The van der Waals surface area contributed by atoms with Crippen molar-refractivity contribution in [1.29, 1.82) is 0 Å². The van der Waals surface area contributed by atoms with E-state index in [9.17, 15) is 14.7 Å². The Hall–Kier alpha value is -2.28. The third kappa shape index (κ3) is 4.46. The number of hydrogen-bond acceptors (Lipinski definition) is 4. The van der Waals surface area contributed by atoms with Gasteiger partial charge in [-0.15, -0.1) is 11.8 Å². The van der Waals surface area contributed by atoms with Crippen LogP contribution < -0.4 is 5.32 Å². The summed E-state index contributed by atoms with van der Waals surface area (Å²) in [6, 6.07) is 9.04. The van der Waals surface area contributed by atoms with Crippen LogP contribution in [0, 0.1) is 0 Å². The summed E-state index contributed by atoms with van der Waals surface area (Å²) in [6.07, 6.45) is 8.21. The summed E-state index contributed by atoms with van der Waals surface area (Å²) in [4.78, 5) is 24.9. The van der Waals surface area contributed by atoms with E-state index in [-0.39, 0.29) is 12.3 Å². The molecule has 1 aliphatic rings. The topological polar surface area (TPSA) is 84.2 Å². The van der Waals surface area contributed by atoms with Crippen molar-refractivity contribution in [3.63, 3.8) is 0 Å². The number of benzene rings is 1. The summed E-state index contributed by atoms with van der Waals surface area (Å²) < 4.78 is 1.86. The van der Waals surface area contributed by atoms with Crippen LogP contribution in [0.4, 0.5) is 0 Å². The molecule has 138 valence electrons. The van der Waals surface area contributed by atoms with Gasteiger partial charge in [-0.25, -0.2) is 0 Å².